The summed E-state index contributed by atoms with van der Waals surface area (Å²) in [6, 6.07) is 33.9. The molecule has 0 amide bonds. The van der Waals surface area contributed by atoms with Crippen molar-refractivity contribution in [1.29, 1.82) is 0 Å². The average Bonchev–Trinajstić information content (AvgIpc) is 3.27. The molecule has 0 nitrogen and oxygen atoms in total. The monoisotopic (exact) mass is 478 g/mol. The zero-order valence-corrected chi connectivity index (χ0v) is 20.4. The van der Waals surface area contributed by atoms with Gasteiger partial charge in [-0.25, -0.2) is 0 Å². The zero-order valence-electron chi connectivity index (χ0n) is 15.4. The van der Waals surface area contributed by atoms with E-state index in [1.807, 2.05) is 0 Å². The number of rotatable bonds is 0. The Morgan fingerprint density at radius 2 is 1.11 bits per heavy atom. The smallest absolute Gasteiger partial charge is 0.0771 e. The van der Waals surface area contributed by atoms with Crippen molar-refractivity contribution in [2.24, 2.45) is 0 Å². The van der Waals surface area contributed by atoms with Gasteiger partial charge in [0.15, 0.2) is 0 Å². The molecule has 0 aliphatic carbocycles. The number of halogens is 3. The van der Waals surface area contributed by atoms with Gasteiger partial charge in [0.25, 0.3) is 0 Å². The second-order valence-electron chi connectivity index (χ2n) is 5.57. The third-order valence-corrected chi connectivity index (χ3v) is 4.07. The first-order chi connectivity index (χ1) is 12.3. The Morgan fingerprint density at radius 3 is 1.61 bits per heavy atom. The van der Waals surface area contributed by atoms with Crippen molar-refractivity contribution in [3.63, 3.8) is 0 Å². The normalized spacial score (nSPS) is 8.75. The summed E-state index contributed by atoms with van der Waals surface area (Å²) in [5, 5.41) is 8.05. The van der Waals surface area contributed by atoms with Gasteiger partial charge in [0.2, 0.25) is 0 Å². The maximum absolute atomic E-state index is 5.04. The minimum atomic E-state index is -0.222. The zero-order chi connectivity index (χ0) is 17.5. The van der Waals surface area contributed by atoms with Gasteiger partial charge in [-0.05, 0) is 0 Å². The maximum atomic E-state index is 5.04. The van der Waals surface area contributed by atoms with E-state index in [1.54, 1.807) is 0 Å². The Labute approximate surface area is 194 Å². The van der Waals surface area contributed by atoms with Crippen LogP contribution in [-0.2, 0) is 16.8 Å². The van der Waals surface area contributed by atoms with Gasteiger partial charge in [-0.15, -0.1) is 94.2 Å². The molecule has 5 aromatic rings. The van der Waals surface area contributed by atoms with Crippen LogP contribution in [0.2, 0.25) is 0 Å². The van der Waals surface area contributed by atoms with E-state index in [-0.39, 0.29) is 49.1 Å². The van der Waals surface area contributed by atoms with Crippen LogP contribution in [0.5, 0.6) is 0 Å². The van der Waals surface area contributed by atoms with Crippen LogP contribution >= 0.6 is 34.1 Å². The van der Waals surface area contributed by atoms with Crippen LogP contribution in [0.4, 0.5) is 0 Å². The molecule has 145 valence electrons. The predicted octanol–water partition coefficient (Wildman–Crippen LogP) is 7.87. The van der Waals surface area contributed by atoms with E-state index in [4.69, 9.17) is 9.30 Å². The number of fused-ring (bicyclic) bond motifs is 4. The van der Waals surface area contributed by atoms with Crippen molar-refractivity contribution in [2.75, 3.05) is 0 Å². The van der Waals surface area contributed by atoms with Gasteiger partial charge < -0.3 is 7.43 Å². The summed E-state index contributed by atoms with van der Waals surface area (Å²) in [6.07, 6.45) is 0. The van der Waals surface area contributed by atoms with Gasteiger partial charge in [0.1, 0.15) is 0 Å². The van der Waals surface area contributed by atoms with Crippen molar-refractivity contribution < 1.29 is 16.8 Å². The Morgan fingerprint density at radius 1 is 0.679 bits per heavy atom. The molecule has 0 spiro atoms. The van der Waals surface area contributed by atoms with E-state index in [1.165, 1.54) is 32.3 Å². The van der Waals surface area contributed by atoms with Gasteiger partial charge >= 0.3 is 33.8 Å². The summed E-state index contributed by atoms with van der Waals surface area (Å²) in [4.78, 5) is 0. The van der Waals surface area contributed by atoms with Crippen molar-refractivity contribution >= 4 is 74.1 Å². The molecular formula is C23H21Cl3SiTi-3. The first-order valence-electron chi connectivity index (χ1n) is 7.99. The average molecular weight is 480 g/mol. The summed E-state index contributed by atoms with van der Waals surface area (Å²) >= 11 is -0.222. The van der Waals surface area contributed by atoms with Crippen molar-refractivity contribution in [3.05, 3.63) is 104 Å². The standard InChI is InChI=1S/C13H9.C9H7.CH3.3ClH.Si.Ti/c1-3-7-12-10(5-1)9-11-6-2-4-8-13(11)12;1-2-5-9-7-3-6-8(9)4-1;;;;;;/h1-9H;1-7H;1H3;3*1H;;/q3*-1;;;;;+1/p-1. The quantitative estimate of drug-likeness (QED) is 0.157. The van der Waals surface area contributed by atoms with E-state index >= 15 is 0 Å². The molecule has 0 fully saturated rings. The second-order valence-corrected chi connectivity index (χ2v) is 8.98. The van der Waals surface area contributed by atoms with Crippen LogP contribution in [0.3, 0.4) is 0 Å². The van der Waals surface area contributed by atoms with Crippen molar-refractivity contribution in [1.82, 2.24) is 0 Å². The molecule has 0 aromatic heterocycles. The summed E-state index contributed by atoms with van der Waals surface area (Å²) in [5.74, 6) is 0. The Bertz CT molecular complexity index is 1020. The molecule has 0 saturated heterocycles. The molecule has 28 heavy (non-hydrogen) atoms. The minimum absolute atomic E-state index is 0. The summed E-state index contributed by atoms with van der Waals surface area (Å²) in [5.41, 5.74) is 0. The first-order valence-corrected chi connectivity index (χ1v) is 13.0. The fourth-order valence-electron chi connectivity index (χ4n) is 2.97. The molecule has 0 aliphatic rings. The summed E-state index contributed by atoms with van der Waals surface area (Å²) in [7, 11) is 8.11. The van der Waals surface area contributed by atoms with Crippen LogP contribution < -0.4 is 0 Å². The maximum Gasteiger partial charge on any atom is -0.0771 e. The van der Waals surface area contributed by atoms with E-state index < -0.39 is 0 Å². The molecule has 0 N–H and O–H groups in total. The molecule has 0 atom stereocenters. The van der Waals surface area contributed by atoms with E-state index in [0.717, 1.165) is 0 Å². The van der Waals surface area contributed by atoms with Crippen molar-refractivity contribution in [3.8, 4) is 0 Å². The van der Waals surface area contributed by atoms with Crippen LogP contribution in [0, 0.1) is 7.43 Å². The molecule has 0 aliphatic heterocycles. The van der Waals surface area contributed by atoms with E-state index in [2.05, 4.69) is 105 Å². The van der Waals surface area contributed by atoms with E-state index in [9.17, 15) is 0 Å². The van der Waals surface area contributed by atoms with Crippen LogP contribution in [0.25, 0.3) is 32.3 Å². The fourth-order valence-corrected chi connectivity index (χ4v) is 2.97. The second kappa shape index (κ2) is 14.0. The summed E-state index contributed by atoms with van der Waals surface area (Å²) in [6.45, 7) is 0. The van der Waals surface area contributed by atoms with Gasteiger partial charge in [0.05, 0.1) is 0 Å². The minimum Gasteiger partial charge on any atom is -0.168 e. The Kier molecular flexibility index (Phi) is 13.5. The topological polar surface area (TPSA) is 0 Å². The van der Waals surface area contributed by atoms with E-state index in [0.29, 0.717) is 0 Å². The molecular weight excluding hydrogens is 459 g/mol. The number of hydrogen-bond donors (Lipinski definition) is 0. The molecule has 5 aromatic carbocycles. The molecule has 0 unspecified atom stereocenters. The molecule has 5 heteroatoms. The molecule has 0 saturated carbocycles. The predicted molar refractivity (Wildman–Crippen MR) is 129 cm³/mol. The van der Waals surface area contributed by atoms with Gasteiger partial charge in [-0.1, -0.05) is 42.5 Å². The third-order valence-electron chi connectivity index (χ3n) is 4.07. The summed E-state index contributed by atoms with van der Waals surface area (Å²) < 4.78 is 0. The van der Waals surface area contributed by atoms with Gasteiger partial charge in [-0.3, -0.25) is 0 Å². The SMILES string of the molecule is Cl.Cl.[CH3-].[Si]=[Ti][Cl].c1ccc2[cH-]ccc2c1.c1ccc2c(c1)[cH-]c1ccccc12. The Balaban J connectivity index is 0.000000434. The molecule has 2 radical (unpaired) electrons. The fraction of sp³-hybridized carbons (Fsp3) is 0. The molecule has 5 rings (SSSR count). The van der Waals surface area contributed by atoms with Crippen LogP contribution in [0.15, 0.2) is 97.1 Å². The molecule has 0 heterocycles. The van der Waals surface area contributed by atoms with Crippen molar-refractivity contribution in [2.45, 2.75) is 0 Å². The first kappa shape index (κ1) is 26.9. The van der Waals surface area contributed by atoms with Gasteiger partial charge in [-0.2, -0.15) is 17.5 Å². The third kappa shape index (κ3) is 6.77. The number of benzene rings is 3. The van der Waals surface area contributed by atoms with Gasteiger partial charge in [0, 0.05) is 0 Å². The molecule has 0 bridgehead atoms. The number of hydrogen-bond acceptors (Lipinski definition) is 0. The Hall–Kier alpha value is -1.06. The largest absolute Gasteiger partial charge is 0.168 e. The van der Waals surface area contributed by atoms with Crippen LogP contribution in [0.1, 0.15) is 0 Å². The van der Waals surface area contributed by atoms with Crippen LogP contribution in [-0.4, -0.2) is 7.63 Å².